The molecule has 2 heterocycles. The van der Waals surface area contributed by atoms with Gasteiger partial charge in [-0.2, -0.15) is 0 Å². The van der Waals surface area contributed by atoms with Gasteiger partial charge in [0, 0.05) is 11.8 Å². The fraction of sp³-hybridized carbons (Fsp3) is 0.280. The van der Waals surface area contributed by atoms with Crippen LogP contribution in [0.2, 0.25) is 0 Å². The van der Waals surface area contributed by atoms with Crippen molar-refractivity contribution in [2.75, 3.05) is 31.2 Å². The third-order valence-electron chi connectivity index (χ3n) is 5.82. The van der Waals surface area contributed by atoms with Gasteiger partial charge in [-0.1, -0.05) is 17.7 Å². The molecule has 35 heavy (non-hydrogen) atoms. The maximum absolute atomic E-state index is 13.8. The van der Waals surface area contributed by atoms with Crippen LogP contribution < -0.4 is 13.8 Å². The number of hydrogen-bond acceptors (Lipinski definition) is 7. The van der Waals surface area contributed by atoms with E-state index >= 15 is 0 Å². The van der Waals surface area contributed by atoms with Crippen LogP contribution in [0.25, 0.3) is 0 Å². The van der Waals surface area contributed by atoms with Crippen LogP contribution in [0.4, 0.5) is 5.69 Å². The molecule has 0 aliphatic carbocycles. The van der Waals surface area contributed by atoms with Crippen LogP contribution in [-0.2, 0) is 14.8 Å². The first-order valence-electron chi connectivity index (χ1n) is 10.9. The van der Waals surface area contributed by atoms with Crippen molar-refractivity contribution in [2.45, 2.75) is 25.7 Å². The molecule has 0 radical (unpaired) electrons. The lowest BCUT2D eigenvalue weighted by Crippen LogP contribution is -2.36. The van der Waals surface area contributed by atoms with Gasteiger partial charge in [-0.15, -0.1) is 0 Å². The van der Waals surface area contributed by atoms with E-state index in [0.29, 0.717) is 41.7 Å². The second-order valence-corrected chi connectivity index (χ2v) is 10.1. The van der Waals surface area contributed by atoms with Crippen LogP contribution in [0.3, 0.4) is 0 Å². The summed E-state index contributed by atoms with van der Waals surface area (Å²) in [5.74, 6) is -0.288. The van der Waals surface area contributed by atoms with Crippen LogP contribution >= 0.6 is 0 Å². The number of benzene rings is 2. The van der Waals surface area contributed by atoms with Gasteiger partial charge in [-0.05, 0) is 50.6 Å². The molecule has 184 valence electrons. The second kappa shape index (κ2) is 9.46. The number of esters is 1. The van der Waals surface area contributed by atoms with E-state index in [-0.39, 0.29) is 16.2 Å². The summed E-state index contributed by atoms with van der Waals surface area (Å²) in [7, 11) is -2.91. The Balaban J connectivity index is 1.75. The molecule has 0 saturated carbocycles. The molecule has 1 aromatic heterocycles. The summed E-state index contributed by atoms with van der Waals surface area (Å²) in [6.07, 6.45) is 0. The predicted octanol–water partition coefficient (Wildman–Crippen LogP) is 3.58. The summed E-state index contributed by atoms with van der Waals surface area (Å²) in [6, 6.07) is 11.2. The number of ether oxygens (including phenoxy) is 3. The maximum atomic E-state index is 13.8. The number of anilines is 1. The number of fused-ring (bicyclic) bond motifs is 1. The summed E-state index contributed by atoms with van der Waals surface area (Å²) in [5.41, 5.74) is 2.54. The second-order valence-electron chi connectivity index (χ2n) is 8.19. The van der Waals surface area contributed by atoms with Crippen molar-refractivity contribution in [3.05, 3.63) is 70.5 Å². The summed E-state index contributed by atoms with van der Waals surface area (Å²) in [4.78, 5) is 28.4. The van der Waals surface area contributed by atoms with Crippen molar-refractivity contribution in [1.82, 2.24) is 4.98 Å². The van der Waals surface area contributed by atoms with Crippen molar-refractivity contribution in [3.8, 4) is 11.5 Å². The number of H-pyrrole nitrogens is 1. The standard InChI is InChI=1S/C25H26N2O7S/c1-15-5-7-18(8-6-15)27(14-20(28)24-16(2)23(17(3)26-24)25(29)32-4)35(30,31)19-9-10-21-22(13-19)34-12-11-33-21/h5-10,13,26H,11-12,14H2,1-4H3. The number of nitrogens with one attached hydrogen (secondary N) is 1. The Hall–Kier alpha value is -3.79. The number of aryl methyl sites for hydroxylation is 2. The minimum atomic E-state index is -4.17. The summed E-state index contributed by atoms with van der Waals surface area (Å²) >= 11 is 0. The molecule has 0 unspecified atom stereocenters. The molecule has 1 aliphatic heterocycles. The summed E-state index contributed by atoms with van der Waals surface area (Å²) < 4.78 is 44.5. The third kappa shape index (κ3) is 4.61. The first-order valence-corrected chi connectivity index (χ1v) is 12.4. The van der Waals surface area contributed by atoms with Crippen LogP contribution in [-0.4, -0.2) is 52.0 Å². The van der Waals surface area contributed by atoms with E-state index in [1.807, 2.05) is 6.92 Å². The SMILES string of the molecule is COC(=O)c1c(C)[nH]c(C(=O)CN(c2ccc(C)cc2)S(=O)(=O)c2ccc3c(c2)OCCO3)c1C. The van der Waals surface area contributed by atoms with Crippen LogP contribution in [0, 0.1) is 20.8 Å². The highest BCUT2D eigenvalue weighted by molar-refractivity contribution is 7.92. The van der Waals surface area contributed by atoms with Crippen molar-refractivity contribution in [1.29, 1.82) is 0 Å². The molecule has 0 spiro atoms. The zero-order valence-electron chi connectivity index (χ0n) is 19.9. The molecule has 2 aromatic carbocycles. The Kier molecular flexibility index (Phi) is 6.58. The third-order valence-corrected chi connectivity index (χ3v) is 7.59. The number of Topliss-reactive ketones (excluding diaryl/α,β-unsaturated/α-hetero) is 1. The topological polar surface area (TPSA) is 115 Å². The molecule has 1 aliphatic rings. The maximum Gasteiger partial charge on any atom is 0.339 e. The number of hydrogen-bond donors (Lipinski definition) is 1. The fourth-order valence-electron chi connectivity index (χ4n) is 3.98. The molecule has 1 N–H and O–H groups in total. The largest absolute Gasteiger partial charge is 0.486 e. The quantitative estimate of drug-likeness (QED) is 0.391. The van der Waals surface area contributed by atoms with Gasteiger partial charge in [0.2, 0.25) is 0 Å². The highest BCUT2D eigenvalue weighted by Gasteiger charge is 2.31. The van der Waals surface area contributed by atoms with Crippen molar-refractivity contribution in [2.24, 2.45) is 0 Å². The van der Waals surface area contributed by atoms with Gasteiger partial charge in [0.25, 0.3) is 10.0 Å². The fourth-order valence-corrected chi connectivity index (χ4v) is 5.42. The number of ketones is 1. The molecule has 0 amide bonds. The average Bonchev–Trinajstić information content (AvgIpc) is 3.16. The Morgan fingerprint density at radius 3 is 2.31 bits per heavy atom. The highest BCUT2D eigenvalue weighted by Crippen LogP contribution is 2.34. The number of aromatic amines is 1. The smallest absolute Gasteiger partial charge is 0.339 e. The minimum Gasteiger partial charge on any atom is -0.486 e. The van der Waals surface area contributed by atoms with E-state index in [1.165, 1.54) is 25.3 Å². The normalized spacial score (nSPS) is 12.8. The average molecular weight is 499 g/mol. The molecule has 10 heteroatoms. The zero-order valence-corrected chi connectivity index (χ0v) is 20.7. The number of aromatic nitrogens is 1. The van der Waals surface area contributed by atoms with Gasteiger partial charge in [0.15, 0.2) is 17.3 Å². The lowest BCUT2D eigenvalue weighted by Gasteiger charge is -2.25. The Morgan fingerprint density at radius 2 is 1.66 bits per heavy atom. The lowest BCUT2D eigenvalue weighted by atomic mass is 10.1. The molecular weight excluding hydrogens is 472 g/mol. The minimum absolute atomic E-state index is 0.0373. The van der Waals surface area contributed by atoms with E-state index in [0.717, 1.165) is 9.87 Å². The van der Waals surface area contributed by atoms with Gasteiger partial charge in [0.1, 0.15) is 13.2 Å². The predicted molar refractivity (Wildman–Crippen MR) is 129 cm³/mol. The van der Waals surface area contributed by atoms with Crippen molar-refractivity contribution >= 4 is 27.5 Å². The van der Waals surface area contributed by atoms with Gasteiger partial charge in [-0.25, -0.2) is 13.2 Å². The Bertz CT molecular complexity index is 1390. The van der Waals surface area contributed by atoms with E-state index in [2.05, 4.69) is 4.98 Å². The summed E-state index contributed by atoms with van der Waals surface area (Å²) in [6.45, 7) is 5.36. The van der Waals surface area contributed by atoms with E-state index in [9.17, 15) is 18.0 Å². The molecule has 0 bridgehead atoms. The van der Waals surface area contributed by atoms with Gasteiger partial charge in [-0.3, -0.25) is 9.10 Å². The molecule has 0 fully saturated rings. The number of carbonyl (C=O) groups excluding carboxylic acids is 2. The number of carbonyl (C=O) groups is 2. The molecule has 0 atom stereocenters. The first-order chi connectivity index (χ1) is 16.6. The van der Waals surface area contributed by atoms with E-state index in [1.54, 1.807) is 38.1 Å². The van der Waals surface area contributed by atoms with Gasteiger partial charge < -0.3 is 19.2 Å². The number of methoxy groups -OCH3 is 1. The van der Waals surface area contributed by atoms with Gasteiger partial charge in [0.05, 0.1) is 35.5 Å². The lowest BCUT2D eigenvalue weighted by molar-refractivity contribution is 0.0599. The zero-order chi connectivity index (χ0) is 25.3. The molecule has 3 aromatic rings. The highest BCUT2D eigenvalue weighted by atomic mass is 32.2. The molecular formula is C25H26N2O7S. The number of nitrogens with zero attached hydrogens (tertiary/aromatic N) is 1. The van der Waals surface area contributed by atoms with E-state index in [4.69, 9.17) is 14.2 Å². The monoisotopic (exact) mass is 498 g/mol. The number of sulfonamides is 1. The van der Waals surface area contributed by atoms with Crippen LogP contribution in [0.5, 0.6) is 11.5 Å². The molecule has 9 nitrogen and oxygen atoms in total. The number of rotatable bonds is 7. The summed E-state index contributed by atoms with van der Waals surface area (Å²) in [5, 5.41) is 0. The van der Waals surface area contributed by atoms with Crippen molar-refractivity contribution < 1.29 is 32.2 Å². The van der Waals surface area contributed by atoms with Crippen LogP contribution in [0.1, 0.15) is 37.7 Å². The Labute approximate surface area is 203 Å². The van der Waals surface area contributed by atoms with Crippen LogP contribution in [0.15, 0.2) is 47.4 Å². The van der Waals surface area contributed by atoms with Crippen molar-refractivity contribution in [3.63, 3.8) is 0 Å². The molecule has 4 rings (SSSR count). The van der Waals surface area contributed by atoms with Gasteiger partial charge >= 0.3 is 5.97 Å². The van der Waals surface area contributed by atoms with E-state index < -0.39 is 28.3 Å². The Morgan fingerprint density at radius 1 is 1.00 bits per heavy atom. The molecule has 0 saturated heterocycles. The first kappa shape index (κ1) is 24.3.